The summed E-state index contributed by atoms with van der Waals surface area (Å²) < 4.78 is 5.26. The Morgan fingerprint density at radius 1 is 1.38 bits per heavy atom. The van der Waals surface area contributed by atoms with Crippen molar-refractivity contribution in [3.05, 3.63) is 0 Å². The lowest BCUT2D eigenvalue weighted by atomic mass is 10.0. The zero-order valence-corrected chi connectivity index (χ0v) is 14.0. The lowest BCUT2D eigenvalue weighted by molar-refractivity contribution is 0.146. The molecule has 0 spiro atoms. The van der Waals surface area contributed by atoms with Crippen LogP contribution in [0.1, 0.15) is 26.2 Å². The van der Waals surface area contributed by atoms with Crippen LogP contribution in [-0.2, 0) is 4.74 Å². The first-order valence-electron chi connectivity index (χ1n) is 8.13. The Bertz CT molecular complexity index is 288. The third-order valence-electron chi connectivity index (χ3n) is 3.95. The fourth-order valence-corrected chi connectivity index (χ4v) is 2.57. The molecule has 21 heavy (non-hydrogen) atoms. The smallest absolute Gasteiger partial charge is 0.188 e. The van der Waals surface area contributed by atoms with E-state index in [-0.39, 0.29) is 0 Å². The van der Waals surface area contributed by atoms with Gasteiger partial charge in [-0.2, -0.15) is 0 Å². The Labute approximate surface area is 129 Å². The Morgan fingerprint density at radius 3 is 2.71 bits per heavy atom. The predicted molar refractivity (Wildman–Crippen MR) is 88.8 cm³/mol. The van der Waals surface area contributed by atoms with Crippen molar-refractivity contribution in [3.63, 3.8) is 0 Å². The summed E-state index contributed by atoms with van der Waals surface area (Å²) in [4.78, 5) is 9.12. The molecule has 0 aromatic carbocycles. The molecule has 1 heterocycles. The number of nitrogens with one attached hydrogen (secondary N) is 1. The number of nitrogens with zero attached hydrogens (tertiary/aromatic N) is 3. The first kappa shape index (κ1) is 18.2. The molecule has 0 atom stereocenters. The van der Waals surface area contributed by atoms with Crippen LogP contribution in [0, 0.1) is 0 Å². The van der Waals surface area contributed by atoms with E-state index in [1.807, 2.05) is 6.92 Å². The highest BCUT2D eigenvalue weighted by molar-refractivity contribution is 5.77. The number of hydrogen-bond acceptors (Lipinski definition) is 4. The molecular weight excluding hydrogens is 266 g/mol. The molecule has 6 nitrogen and oxygen atoms in total. The number of likely N-dealkylation sites (tertiary alicyclic amines) is 1. The summed E-state index contributed by atoms with van der Waals surface area (Å²) in [5.74, 6) is 0.551. The molecule has 3 N–H and O–H groups in total. The van der Waals surface area contributed by atoms with Gasteiger partial charge in [0.15, 0.2) is 5.96 Å². The van der Waals surface area contributed by atoms with Crippen LogP contribution in [0.15, 0.2) is 4.99 Å². The van der Waals surface area contributed by atoms with Gasteiger partial charge in [-0.25, -0.2) is 0 Å². The number of piperidine rings is 1. The van der Waals surface area contributed by atoms with Gasteiger partial charge in [0, 0.05) is 38.9 Å². The number of aliphatic imine (C=N–C) groups is 1. The van der Waals surface area contributed by atoms with Crippen LogP contribution in [0.2, 0.25) is 0 Å². The predicted octanol–water partition coefficient (Wildman–Crippen LogP) is 0.343. The summed E-state index contributed by atoms with van der Waals surface area (Å²) in [5, 5.41) is 3.19. The summed E-state index contributed by atoms with van der Waals surface area (Å²) in [6, 6.07) is 0.742. The zero-order valence-electron chi connectivity index (χ0n) is 14.0. The maximum atomic E-state index is 5.84. The van der Waals surface area contributed by atoms with Gasteiger partial charge in [0.2, 0.25) is 0 Å². The topological polar surface area (TPSA) is 66.1 Å². The summed E-state index contributed by atoms with van der Waals surface area (Å²) in [6.07, 6.45) is 3.44. The Balaban J connectivity index is 2.04. The highest BCUT2D eigenvalue weighted by Crippen LogP contribution is 2.13. The highest BCUT2D eigenvalue weighted by atomic mass is 16.5. The number of ether oxygens (including phenoxy) is 1. The average Bonchev–Trinajstić information content (AvgIpc) is 2.47. The van der Waals surface area contributed by atoms with Gasteiger partial charge in [0.05, 0.1) is 0 Å². The summed E-state index contributed by atoms with van der Waals surface area (Å²) >= 11 is 0. The number of hydrogen-bond donors (Lipinski definition) is 2. The van der Waals surface area contributed by atoms with Crippen molar-refractivity contribution in [3.8, 4) is 0 Å². The average molecular weight is 299 g/mol. The van der Waals surface area contributed by atoms with Crippen LogP contribution < -0.4 is 11.1 Å². The van der Waals surface area contributed by atoms with Crippen molar-refractivity contribution >= 4 is 5.96 Å². The highest BCUT2D eigenvalue weighted by Gasteiger charge is 2.19. The van der Waals surface area contributed by atoms with E-state index < -0.39 is 0 Å². The minimum Gasteiger partial charge on any atom is -0.382 e. The quantitative estimate of drug-likeness (QED) is 0.365. The Morgan fingerprint density at radius 2 is 2.10 bits per heavy atom. The van der Waals surface area contributed by atoms with Crippen LogP contribution in [0.25, 0.3) is 0 Å². The summed E-state index contributed by atoms with van der Waals surface area (Å²) in [7, 11) is 4.34. The van der Waals surface area contributed by atoms with Crippen LogP contribution in [0.5, 0.6) is 0 Å². The first-order valence-corrected chi connectivity index (χ1v) is 8.13. The van der Waals surface area contributed by atoms with Gasteiger partial charge in [0.1, 0.15) is 0 Å². The van der Waals surface area contributed by atoms with Crippen molar-refractivity contribution in [2.45, 2.75) is 32.2 Å². The maximum Gasteiger partial charge on any atom is 0.188 e. The van der Waals surface area contributed by atoms with E-state index in [1.54, 1.807) is 0 Å². The van der Waals surface area contributed by atoms with Gasteiger partial charge < -0.3 is 25.6 Å². The molecule has 0 amide bonds. The standard InChI is InChI=1S/C15H33N5O/c1-4-21-13-5-8-17-15(16)18-9-12-20-10-6-14(7-11-20)19(2)3/h14H,4-13H2,1-3H3,(H3,16,17,18). The molecule has 0 bridgehead atoms. The lowest BCUT2D eigenvalue weighted by Crippen LogP contribution is -2.45. The first-order chi connectivity index (χ1) is 10.1. The fourth-order valence-electron chi connectivity index (χ4n) is 2.57. The number of rotatable bonds is 9. The molecule has 124 valence electrons. The molecular formula is C15H33N5O. The minimum absolute atomic E-state index is 0.551. The van der Waals surface area contributed by atoms with E-state index in [1.165, 1.54) is 25.9 Å². The van der Waals surface area contributed by atoms with Crippen molar-refractivity contribution in [1.82, 2.24) is 15.1 Å². The number of nitrogens with two attached hydrogens (primary N) is 1. The van der Waals surface area contributed by atoms with Gasteiger partial charge in [-0.1, -0.05) is 0 Å². The third kappa shape index (κ3) is 8.24. The van der Waals surface area contributed by atoms with Crippen molar-refractivity contribution < 1.29 is 4.74 Å². The monoisotopic (exact) mass is 299 g/mol. The largest absolute Gasteiger partial charge is 0.382 e. The Kier molecular flexibility index (Phi) is 9.37. The Hall–Kier alpha value is -0.850. The van der Waals surface area contributed by atoms with Gasteiger partial charge >= 0.3 is 0 Å². The van der Waals surface area contributed by atoms with Crippen LogP contribution in [0.3, 0.4) is 0 Å². The van der Waals surface area contributed by atoms with E-state index in [0.717, 1.165) is 45.3 Å². The third-order valence-corrected chi connectivity index (χ3v) is 3.95. The molecule has 6 heteroatoms. The lowest BCUT2D eigenvalue weighted by Gasteiger charge is -2.35. The van der Waals surface area contributed by atoms with Crippen LogP contribution >= 0.6 is 0 Å². The fraction of sp³-hybridized carbons (Fsp3) is 0.933. The molecule has 0 aromatic rings. The second kappa shape index (κ2) is 10.8. The SMILES string of the molecule is CCOCCCN=C(N)NCCN1CCC(N(C)C)CC1. The van der Waals surface area contributed by atoms with Crippen LogP contribution in [0.4, 0.5) is 0 Å². The van der Waals surface area contributed by atoms with Crippen molar-refractivity contribution in [2.24, 2.45) is 10.7 Å². The molecule has 1 rings (SSSR count). The minimum atomic E-state index is 0.551. The van der Waals surface area contributed by atoms with Gasteiger partial charge in [-0.15, -0.1) is 0 Å². The molecule has 1 aliphatic rings. The van der Waals surface area contributed by atoms with E-state index in [0.29, 0.717) is 5.96 Å². The molecule has 0 radical (unpaired) electrons. The molecule has 1 saturated heterocycles. The number of guanidine groups is 1. The van der Waals surface area contributed by atoms with Crippen LogP contribution in [-0.4, -0.2) is 81.8 Å². The second-order valence-electron chi connectivity index (χ2n) is 5.78. The van der Waals surface area contributed by atoms with E-state index in [9.17, 15) is 0 Å². The normalized spacial score (nSPS) is 18.4. The molecule has 1 fully saturated rings. The summed E-state index contributed by atoms with van der Waals surface area (Å²) in [6.45, 7) is 8.51. The summed E-state index contributed by atoms with van der Waals surface area (Å²) in [5.41, 5.74) is 5.84. The molecule has 0 aromatic heterocycles. The zero-order chi connectivity index (χ0) is 15.5. The van der Waals surface area contributed by atoms with Crippen molar-refractivity contribution in [1.29, 1.82) is 0 Å². The van der Waals surface area contributed by atoms with Gasteiger partial charge in [-0.05, 0) is 53.4 Å². The van der Waals surface area contributed by atoms with Gasteiger partial charge in [0.25, 0.3) is 0 Å². The van der Waals surface area contributed by atoms with Gasteiger partial charge in [-0.3, -0.25) is 4.99 Å². The van der Waals surface area contributed by atoms with E-state index in [4.69, 9.17) is 10.5 Å². The maximum absolute atomic E-state index is 5.84. The van der Waals surface area contributed by atoms with Crippen molar-refractivity contribution in [2.75, 3.05) is 60.0 Å². The molecule has 0 unspecified atom stereocenters. The molecule has 0 saturated carbocycles. The molecule has 0 aliphatic carbocycles. The van der Waals surface area contributed by atoms with E-state index in [2.05, 4.69) is 34.2 Å². The second-order valence-corrected chi connectivity index (χ2v) is 5.78. The van der Waals surface area contributed by atoms with E-state index >= 15 is 0 Å². The molecule has 1 aliphatic heterocycles.